The number of carbonyl (C=O) groups is 1. The molecule has 0 aliphatic carbocycles. The minimum atomic E-state index is -0.423. The molecule has 6 heteroatoms. The highest BCUT2D eigenvalue weighted by molar-refractivity contribution is 5.79. The van der Waals surface area contributed by atoms with Gasteiger partial charge >= 0.3 is 0 Å². The minimum Gasteiger partial charge on any atom is -0.492 e. The van der Waals surface area contributed by atoms with E-state index in [4.69, 9.17) is 19.3 Å². The fourth-order valence-electron chi connectivity index (χ4n) is 3.66. The van der Waals surface area contributed by atoms with Crippen LogP contribution in [0.15, 0.2) is 36.4 Å². The average molecular weight is 355 g/mol. The number of aliphatic hydroxyl groups excluding tert-OH is 1. The first-order chi connectivity index (χ1) is 12.7. The fourth-order valence-corrected chi connectivity index (χ4v) is 3.66. The van der Waals surface area contributed by atoms with Crippen LogP contribution in [0.3, 0.4) is 0 Å². The Bertz CT molecular complexity index is 837. The van der Waals surface area contributed by atoms with Crippen molar-refractivity contribution in [1.82, 2.24) is 0 Å². The molecule has 0 spiro atoms. The van der Waals surface area contributed by atoms with E-state index in [0.29, 0.717) is 31.1 Å². The van der Waals surface area contributed by atoms with Crippen molar-refractivity contribution >= 4 is 12.1 Å². The molecule has 4 rings (SSSR count). The standard InChI is InChI=1S/C20H21NO5/c1-20(11-24-17-10-19-18(9-15(17)20)25-13-26-19)14-5-2-3-6-16(14)21(12-23)7-4-8-22/h2-3,5-6,9-10,12,22H,4,7-8,11,13H2,1H3. The van der Waals surface area contributed by atoms with E-state index in [-0.39, 0.29) is 13.4 Å². The molecule has 136 valence electrons. The van der Waals surface area contributed by atoms with Gasteiger partial charge in [-0.2, -0.15) is 0 Å². The largest absolute Gasteiger partial charge is 0.492 e. The van der Waals surface area contributed by atoms with Gasteiger partial charge in [0.2, 0.25) is 13.2 Å². The normalized spacial score (nSPS) is 19.8. The topological polar surface area (TPSA) is 68.2 Å². The molecule has 6 nitrogen and oxygen atoms in total. The maximum absolute atomic E-state index is 11.7. The first-order valence-electron chi connectivity index (χ1n) is 8.66. The molecule has 2 aromatic carbocycles. The van der Waals surface area contributed by atoms with E-state index in [2.05, 4.69) is 6.92 Å². The Hall–Kier alpha value is -2.73. The number of para-hydroxylation sites is 1. The summed E-state index contributed by atoms with van der Waals surface area (Å²) in [4.78, 5) is 13.3. The lowest BCUT2D eigenvalue weighted by molar-refractivity contribution is -0.107. The van der Waals surface area contributed by atoms with Gasteiger partial charge in [-0.25, -0.2) is 0 Å². The smallest absolute Gasteiger partial charge is 0.231 e. The molecule has 2 aromatic rings. The van der Waals surface area contributed by atoms with E-state index in [1.807, 2.05) is 36.4 Å². The van der Waals surface area contributed by atoms with Crippen LogP contribution in [0, 0.1) is 0 Å². The fraction of sp³-hybridized carbons (Fsp3) is 0.350. The number of benzene rings is 2. The van der Waals surface area contributed by atoms with Gasteiger partial charge in [-0.05, 0) is 31.0 Å². The Morgan fingerprint density at radius 2 is 1.88 bits per heavy atom. The van der Waals surface area contributed by atoms with Crippen molar-refractivity contribution < 1.29 is 24.1 Å². The lowest BCUT2D eigenvalue weighted by atomic mass is 9.77. The second-order valence-corrected chi connectivity index (χ2v) is 6.72. The van der Waals surface area contributed by atoms with Gasteiger partial charge in [-0.3, -0.25) is 4.79 Å². The summed E-state index contributed by atoms with van der Waals surface area (Å²) in [6.45, 7) is 3.29. The molecule has 0 radical (unpaired) electrons. The third kappa shape index (κ3) is 2.57. The number of carbonyl (C=O) groups excluding carboxylic acids is 1. The molecule has 1 atom stereocenters. The molecular formula is C20H21NO5. The van der Waals surface area contributed by atoms with Crippen molar-refractivity contribution in [3.63, 3.8) is 0 Å². The Kier molecular flexibility index (Phi) is 4.20. The third-order valence-electron chi connectivity index (χ3n) is 5.08. The predicted octanol–water partition coefficient (Wildman–Crippen LogP) is 2.46. The summed E-state index contributed by atoms with van der Waals surface area (Å²) < 4.78 is 16.9. The third-order valence-corrected chi connectivity index (χ3v) is 5.08. The van der Waals surface area contributed by atoms with Crippen LogP contribution in [0.2, 0.25) is 0 Å². The summed E-state index contributed by atoms with van der Waals surface area (Å²) in [5.41, 5.74) is 2.42. The summed E-state index contributed by atoms with van der Waals surface area (Å²) >= 11 is 0. The summed E-state index contributed by atoms with van der Waals surface area (Å²) in [5, 5.41) is 9.12. The van der Waals surface area contributed by atoms with E-state index in [1.165, 1.54) is 0 Å². The molecule has 0 saturated carbocycles. The molecule has 0 bridgehead atoms. The molecule has 0 aromatic heterocycles. The van der Waals surface area contributed by atoms with E-state index < -0.39 is 5.41 Å². The number of amides is 1. The number of hydrogen-bond donors (Lipinski definition) is 1. The van der Waals surface area contributed by atoms with Gasteiger partial charge in [0, 0.05) is 30.5 Å². The number of ether oxygens (including phenoxy) is 3. The van der Waals surface area contributed by atoms with Crippen molar-refractivity contribution in [2.45, 2.75) is 18.8 Å². The van der Waals surface area contributed by atoms with E-state index in [0.717, 1.165) is 29.0 Å². The lowest BCUT2D eigenvalue weighted by Gasteiger charge is -2.30. The van der Waals surface area contributed by atoms with Crippen LogP contribution >= 0.6 is 0 Å². The zero-order valence-electron chi connectivity index (χ0n) is 14.6. The molecule has 2 aliphatic rings. The Labute approximate surface area is 151 Å². The average Bonchev–Trinajstić information content (AvgIpc) is 3.26. The van der Waals surface area contributed by atoms with Crippen molar-refractivity contribution in [3.8, 4) is 17.2 Å². The van der Waals surface area contributed by atoms with Gasteiger partial charge in [-0.15, -0.1) is 0 Å². The number of hydrogen-bond acceptors (Lipinski definition) is 5. The number of nitrogens with zero attached hydrogens (tertiary/aromatic N) is 1. The van der Waals surface area contributed by atoms with Gasteiger partial charge in [0.05, 0.1) is 5.41 Å². The maximum Gasteiger partial charge on any atom is 0.231 e. The number of anilines is 1. The van der Waals surface area contributed by atoms with Crippen LogP contribution in [0.4, 0.5) is 5.69 Å². The Morgan fingerprint density at radius 1 is 1.12 bits per heavy atom. The van der Waals surface area contributed by atoms with Crippen molar-refractivity contribution in [1.29, 1.82) is 0 Å². The van der Waals surface area contributed by atoms with Gasteiger partial charge in [0.15, 0.2) is 11.5 Å². The monoisotopic (exact) mass is 355 g/mol. The molecule has 2 heterocycles. The zero-order valence-corrected chi connectivity index (χ0v) is 14.6. The van der Waals surface area contributed by atoms with Crippen molar-refractivity contribution in [3.05, 3.63) is 47.5 Å². The predicted molar refractivity (Wildman–Crippen MR) is 96.1 cm³/mol. The first kappa shape index (κ1) is 16.7. The molecule has 1 amide bonds. The zero-order chi connectivity index (χ0) is 18.1. The van der Waals surface area contributed by atoms with Gasteiger partial charge in [-0.1, -0.05) is 18.2 Å². The minimum absolute atomic E-state index is 0.0409. The summed E-state index contributed by atoms with van der Waals surface area (Å²) in [6.07, 6.45) is 1.34. The molecule has 1 unspecified atom stereocenters. The highest BCUT2D eigenvalue weighted by Crippen LogP contribution is 2.50. The van der Waals surface area contributed by atoms with E-state index in [9.17, 15) is 4.79 Å². The highest BCUT2D eigenvalue weighted by Gasteiger charge is 2.41. The van der Waals surface area contributed by atoms with Crippen LogP contribution in [0.25, 0.3) is 0 Å². The summed E-state index contributed by atoms with van der Waals surface area (Å²) in [7, 11) is 0. The first-order valence-corrected chi connectivity index (χ1v) is 8.66. The Balaban J connectivity index is 1.79. The quantitative estimate of drug-likeness (QED) is 0.806. The summed E-state index contributed by atoms with van der Waals surface area (Å²) in [6, 6.07) is 11.7. The van der Waals surface area contributed by atoms with Gasteiger partial charge in [0.25, 0.3) is 0 Å². The van der Waals surface area contributed by atoms with Gasteiger partial charge in [0.1, 0.15) is 12.4 Å². The summed E-state index contributed by atoms with van der Waals surface area (Å²) in [5.74, 6) is 2.18. The van der Waals surface area contributed by atoms with E-state index in [1.54, 1.807) is 4.90 Å². The van der Waals surface area contributed by atoms with Crippen LogP contribution in [-0.4, -0.2) is 38.1 Å². The molecule has 0 fully saturated rings. The van der Waals surface area contributed by atoms with Crippen molar-refractivity contribution in [2.75, 3.05) is 31.5 Å². The number of aliphatic hydroxyl groups is 1. The number of rotatable bonds is 6. The second kappa shape index (κ2) is 6.53. The SMILES string of the molecule is CC1(c2ccccc2N(C=O)CCCO)COc2cc3c(cc21)OCO3. The Morgan fingerprint density at radius 3 is 2.65 bits per heavy atom. The van der Waals surface area contributed by atoms with Gasteiger partial charge < -0.3 is 24.2 Å². The molecule has 26 heavy (non-hydrogen) atoms. The molecular weight excluding hydrogens is 334 g/mol. The molecule has 1 N–H and O–H groups in total. The number of fused-ring (bicyclic) bond motifs is 2. The van der Waals surface area contributed by atoms with Crippen molar-refractivity contribution in [2.24, 2.45) is 0 Å². The molecule has 2 aliphatic heterocycles. The molecule has 0 saturated heterocycles. The second-order valence-electron chi connectivity index (χ2n) is 6.72. The van der Waals surface area contributed by atoms with Crippen LogP contribution in [0.1, 0.15) is 24.5 Å². The van der Waals surface area contributed by atoms with Crippen LogP contribution in [0.5, 0.6) is 17.2 Å². The maximum atomic E-state index is 11.7. The van der Waals surface area contributed by atoms with Crippen LogP contribution < -0.4 is 19.1 Å². The van der Waals surface area contributed by atoms with E-state index >= 15 is 0 Å². The lowest BCUT2D eigenvalue weighted by Crippen LogP contribution is -2.31. The van der Waals surface area contributed by atoms with Crippen LogP contribution in [-0.2, 0) is 10.2 Å². The highest BCUT2D eigenvalue weighted by atomic mass is 16.7.